The molecule has 0 unspecified atom stereocenters. The molecule has 0 saturated carbocycles. The minimum absolute atomic E-state index is 0.365. The van der Waals surface area contributed by atoms with Crippen molar-refractivity contribution in [3.8, 4) is 0 Å². The van der Waals surface area contributed by atoms with E-state index >= 15 is 0 Å². The molecule has 0 aliphatic rings. The molecule has 0 aliphatic heterocycles. The molecule has 16 heavy (non-hydrogen) atoms. The molecule has 0 saturated heterocycles. The summed E-state index contributed by atoms with van der Waals surface area (Å²) in [6.07, 6.45) is 4.87. The molecular formula is C12H22N4. The zero-order valence-electron chi connectivity index (χ0n) is 10.6. The monoisotopic (exact) mass is 222 g/mol. The topological polar surface area (TPSA) is 49.8 Å². The van der Waals surface area contributed by atoms with Gasteiger partial charge < -0.3 is 10.6 Å². The van der Waals surface area contributed by atoms with E-state index in [1.54, 1.807) is 0 Å². The van der Waals surface area contributed by atoms with Crippen LogP contribution in [0.25, 0.3) is 0 Å². The molecule has 4 heteroatoms. The number of anilines is 1. The van der Waals surface area contributed by atoms with Gasteiger partial charge in [0, 0.05) is 36.6 Å². The molecule has 4 nitrogen and oxygen atoms in total. The maximum Gasteiger partial charge on any atom is 0.222 e. The third kappa shape index (κ3) is 4.57. The van der Waals surface area contributed by atoms with Crippen LogP contribution in [-0.4, -0.2) is 22.1 Å². The fourth-order valence-corrected chi connectivity index (χ4v) is 1.22. The Bertz CT molecular complexity index is 294. The molecular weight excluding hydrogens is 200 g/mol. The van der Waals surface area contributed by atoms with Crippen molar-refractivity contribution < 1.29 is 0 Å². The summed E-state index contributed by atoms with van der Waals surface area (Å²) in [5, 5.41) is 6.57. The van der Waals surface area contributed by atoms with Crippen molar-refractivity contribution in [3.05, 3.63) is 18.0 Å². The summed E-state index contributed by atoms with van der Waals surface area (Å²) < 4.78 is 0. The first kappa shape index (κ1) is 12.9. The molecule has 1 heterocycles. The molecule has 0 bridgehead atoms. The van der Waals surface area contributed by atoms with Crippen molar-refractivity contribution in [1.82, 2.24) is 15.3 Å². The molecule has 0 fully saturated rings. The maximum absolute atomic E-state index is 4.26. The summed E-state index contributed by atoms with van der Waals surface area (Å²) in [5.74, 6) is 0.697. The second kappa shape index (κ2) is 6.43. The first-order valence-corrected chi connectivity index (χ1v) is 5.92. The van der Waals surface area contributed by atoms with Crippen LogP contribution in [0, 0.1) is 0 Å². The number of hydrogen-bond acceptors (Lipinski definition) is 4. The summed E-state index contributed by atoms with van der Waals surface area (Å²) in [5.41, 5.74) is 1.12. The van der Waals surface area contributed by atoms with Crippen LogP contribution in [0.1, 0.15) is 39.7 Å². The minimum atomic E-state index is 0.365. The molecule has 1 aromatic heterocycles. The number of hydrogen-bond donors (Lipinski definition) is 2. The predicted octanol–water partition coefficient (Wildman–Crippen LogP) is 2.18. The van der Waals surface area contributed by atoms with Gasteiger partial charge in [0.25, 0.3) is 0 Å². The Kier molecular flexibility index (Phi) is 5.19. The number of aromatic nitrogens is 2. The molecule has 0 radical (unpaired) electrons. The second-order valence-electron chi connectivity index (χ2n) is 4.40. The lowest BCUT2D eigenvalue weighted by Gasteiger charge is -2.11. The van der Waals surface area contributed by atoms with Gasteiger partial charge in [-0.15, -0.1) is 0 Å². The Morgan fingerprint density at radius 2 is 1.81 bits per heavy atom. The van der Waals surface area contributed by atoms with E-state index in [1.165, 1.54) is 0 Å². The molecule has 0 spiro atoms. The molecule has 90 valence electrons. The zero-order valence-corrected chi connectivity index (χ0v) is 10.6. The highest BCUT2D eigenvalue weighted by Crippen LogP contribution is 2.02. The van der Waals surface area contributed by atoms with Gasteiger partial charge in [0.2, 0.25) is 5.95 Å². The van der Waals surface area contributed by atoms with Crippen molar-refractivity contribution in [2.24, 2.45) is 0 Å². The predicted molar refractivity (Wildman–Crippen MR) is 67.4 cm³/mol. The molecule has 1 aromatic rings. The van der Waals surface area contributed by atoms with E-state index < -0.39 is 0 Å². The Morgan fingerprint density at radius 3 is 2.31 bits per heavy atom. The zero-order chi connectivity index (χ0) is 12.0. The lowest BCUT2D eigenvalue weighted by Crippen LogP contribution is -2.24. The Balaban J connectivity index is 2.45. The fourth-order valence-electron chi connectivity index (χ4n) is 1.22. The molecule has 0 amide bonds. The summed E-state index contributed by atoms with van der Waals surface area (Å²) >= 11 is 0. The van der Waals surface area contributed by atoms with Crippen LogP contribution in [0.15, 0.2) is 12.4 Å². The SMILES string of the molecule is CC[C@H](C)NCc1cnc(NC(C)C)nc1. The van der Waals surface area contributed by atoms with Gasteiger partial charge in [-0.1, -0.05) is 6.92 Å². The molecule has 0 aliphatic carbocycles. The Labute approximate surface area is 97.9 Å². The van der Waals surface area contributed by atoms with Crippen LogP contribution >= 0.6 is 0 Å². The van der Waals surface area contributed by atoms with E-state index in [1.807, 2.05) is 12.4 Å². The third-order valence-electron chi connectivity index (χ3n) is 2.39. The van der Waals surface area contributed by atoms with E-state index in [9.17, 15) is 0 Å². The lowest BCUT2D eigenvalue weighted by atomic mass is 10.2. The lowest BCUT2D eigenvalue weighted by molar-refractivity contribution is 0.533. The van der Waals surface area contributed by atoms with Gasteiger partial charge in [0.1, 0.15) is 0 Å². The van der Waals surface area contributed by atoms with E-state index in [-0.39, 0.29) is 0 Å². The average Bonchev–Trinajstić information content (AvgIpc) is 2.27. The second-order valence-corrected chi connectivity index (χ2v) is 4.40. The van der Waals surface area contributed by atoms with Crippen LogP contribution < -0.4 is 10.6 Å². The van der Waals surface area contributed by atoms with Gasteiger partial charge >= 0.3 is 0 Å². The van der Waals surface area contributed by atoms with Gasteiger partial charge in [0.15, 0.2) is 0 Å². The quantitative estimate of drug-likeness (QED) is 0.774. The Hall–Kier alpha value is -1.16. The van der Waals surface area contributed by atoms with Crippen molar-refractivity contribution in [2.45, 2.75) is 52.7 Å². The normalized spacial score (nSPS) is 12.8. The Morgan fingerprint density at radius 1 is 1.19 bits per heavy atom. The van der Waals surface area contributed by atoms with Crippen molar-refractivity contribution in [3.63, 3.8) is 0 Å². The van der Waals surface area contributed by atoms with Crippen molar-refractivity contribution >= 4 is 5.95 Å². The van der Waals surface area contributed by atoms with E-state index in [0.29, 0.717) is 18.0 Å². The summed E-state index contributed by atoms with van der Waals surface area (Å²) in [6.45, 7) is 9.32. The van der Waals surface area contributed by atoms with Gasteiger partial charge in [-0.3, -0.25) is 0 Å². The fraction of sp³-hybridized carbons (Fsp3) is 0.667. The maximum atomic E-state index is 4.26. The summed E-state index contributed by atoms with van der Waals surface area (Å²) in [6, 6.07) is 0.901. The summed E-state index contributed by atoms with van der Waals surface area (Å²) in [7, 11) is 0. The smallest absolute Gasteiger partial charge is 0.222 e. The van der Waals surface area contributed by atoms with Crippen molar-refractivity contribution in [2.75, 3.05) is 5.32 Å². The van der Waals surface area contributed by atoms with Gasteiger partial charge in [-0.2, -0.15) is 0 Å². The molecule has 1 atom stereocenters. The standard InChI is InChI=1S/C12H22N4/c1-5-10(4)13-6-11-7-14-12(15-8-11)16-9(2)3/h7-10,13H,5-6H2,1-4H3,(H,14,15,16)/t10-/m0/s1. The van der Waals surface area contributed by atoms with E-state index in [0.717, 1.165) is 18.5 Å². The van der Waals surface area contributed by atoms with Gasteiger partial charge in [-0.05, 0) is 27.2 Å². The first-order chi connectivity index (χ1) is 7.61. The van der Waals surface area contributed by atoms with Crippen LogP contribution in [0.5, 0.6) is 0 Å². The van der Waals surface area contributed by atoms with Crippen LogP contribution in [-0.2, 0) is 6.54 Å². The number of nitrogens with zero attached hydrogens (tertiary/aromatic N) is 2. The number of rotatable bonds is 6. The molecule has 2 N–H and O–H groups in total. The van der Waals surface area contributed by atoms with Crippen LogP contribution in [0.2, 0.25) is 0 Å². The molecule has 1 rings (SSSR count). The number of nitrogens with one attached hydrogen (secondary N) is 2. The van der Waals surface area contributed by atoms with Gasteiger partial charge in [-0.25, -0.2) is 9.97 Å². The minimum Gasteiger partial charge on any atom is -0.352 e. The van der Waals surface area contributed by atoms with E-state index in [2.05, 4.69) is 48.3 Å². The largest absolute Gasteiger partial charge is 0.352 e. The van der Waals surface area contributed by atoms with Crippen LogP contribution in [0.3, 0.4) is 0 Å². The van der Waals surface area contributed by atoms with Gasteiger partial charge in [0.05, 0.1) is 0 Å². The van der Waals surface area contributed by atoms with Crippen LogP contribution in [0.4, 0.5) is 5.95 Å². The highest BCUT2D eigenvalue weighted by Gasteiger charge is 2.01. The first-order valence-electron chi connectivity index (χ1n) is 5.92. The highest BCUT2D eigenvalue weighted by molar-refractivity contribution is 5.25. The highest BCUT2D eigenvalue weighted by atomic mass is 15.1. The van der Waals surface area contributed by atoms with Crippen molar-refractivity contribution in [1.29, 1.82) is 0 Å². The third-order valence-corrected chi connectivity index (χ3v) is 2.39. The van der Waals surface area contributed by atoms with E-state index in [4.69, 9.17) is 0 Å². The average molecular weight is 222 g/mol. The summed E-state index contributed by atoms with van der Waals surface area (Å²) in [4.78, 5) is 8.52. The molecule has 0 aromatic carbocycles.